The van der Waals surface area contributed by atoms with Gasteiger partial charge in [0.15, 0.2) is 0 Å². The van der Waals surface area contributed by atoms with Crippen molar-refractivity contribution >= 4 is 5.91 Å². The van der Waals surface area contributed by atoms with Crippen LogP contribution in [0.4, 0.5) is 0 Å². The van der Waals surface area contributed by atoms with Crippen molar-refractivity contribution < 1.29 is 4.79 Å². The van der Waals surface area contributed by atoms with Gasteiger partial charge in [-0.15, -0.1) is 0 Å². The minimum Gasteiger partial charge on any atom is -0.348 e. The average molecular weight is 240 g/mol. The van der Waals surface area contributed by atoms with Crippen LogP contribution in [0.5, 0.6) is 0 Å². The highest BCUT2D eigenvalue weighted by Crippen LogP contribution is 2.05. The topological polar surface area (TPSA) is 42.0 Å². The van der Waals surface area contributed by atoms with Gasteiger partial charge in [0.1, 0.15) is 0 Å². The van der Waals surface area contributed by atoms with E-state index < -0.39 is 0 Å². The Labute approximate surface area is 107 Å². The lowest BCUT2D eigenvalue weighted by molar-refractivity contribution is 0.0951. The predicted molar refractivity (Wildman–Crippen MR) is 71.3 cm³/mol. The zero-order valence-electron chi connectivity index (χ0n) is 10.6. The molecule has 0 saturated heterocycles. The molecule has 18 heavy (non-hydrogen) atoms. The SMILES string of the molecule is Cc1ccc(C(=O)NCc2cccnc2C)cc1. The van der Waals surface area contributed by atoms with Gasteiger partial charge in [-0.3, -0.25) is 9.78 Å². The number of pyridine rings is 1. The fourth-order valence-electron chi connectivity index (χ4n) is 1.69. The number of benzene rings is 1. The van der Waals surface area contributed by atoms with Gasteiger partial charge < -0.3 is 5.32 Å². The Bertz CT molecular complexity index is 547. The molecule has 0 spiro atoms. The molecular formula is C15H16N2O. The van der Waals surface area contributed by atoms with Gasteiger partial charge in [-0.2, -0.15) is 0 Å². The lowest BCUT2D eigenvalue weighted by atomic mass is 10.1. The van der Waals surface area contributed by atoms with E-state index in [2.05, 4.69) is 10.3 Å². The monoisotopic (exact) mass is 240 g/mol. The molecule has 1 aromatic heterocycles. The van der Waals surface area contributed by atoms with Crippen molar-refractivity contribution in [2.24, 2.45) is 0 Å². The summed E-state index contributed by atoms with van der Waals surface area (Å²) >= 11 is 0. The minimum atomic E-state index is -0.0572. The zero-order valence-corrected chi connectivity index (χ0v) is 10.6. The Morgan fingerprint density at radius 1 is 1.17 bits per heavy atom. The molecule has 92 valence electrons. The van der Waals surface area contributed by atoms with Crippen molar-refractivity contribution in [2.45, 2.75) is 20.4 Å². The normalized spacial score (nSPS) is 10.1. The van der Waals surface area contributed by atoms with E-state index in [4.69, 9.17) is 0 Å². The van der Waals surface area contributed by atoms with Crippen LogP contribution in [0.3, 0.4) is 0 Å². The maximum absolute atomic E-state index is 11.9. The number of carbonyl (C=O) groups excluding carboxylic acids is 1. The van der Waals surface area contributed by atoms with Crippen LogP contribution in [0.25, 0.3) is 0 Å². The van der Waals surface area contributed by atoms with E-state index >= 15 is 0 Å². The van der Waals surface area contributed by atoms with Crippen molar-refractivity contribution in [2.75, 3.05) is 0 Å². The first-order chi connectivity index (χ1) is 8.66. The van der Waals surface area contributed by atoms with E-state index in [-0.39, 0.29) is 5.91 Å². The number of hydrogen-bond acceptors (Lipinski definition) is 2. The molecule has 0 saturated carbocycles. The van der Waals surface area contributed by atoms with Crippen LogP contribution in [0.15, 0.2) is 42.6 Å². The maximum atomic E-state index is 11.9. The average Bonchev–Trinajstić information content (AvgIpc) is 2.38. The molecule has 0 atom stereocenters. The van der Waals surface area contributed by atoms with Gasteiger partial charge in [0, 0.05) is 24.0 Å². The van der Waals surface area contributed by atoms with E-state index in [9.17, 15) is 4.79 Å². The number of nitrogens with one attached hydrogen (secondary N) is 1. The Morgan fingerprint density at radius 3 is 2.56 bits per heavy atom. The van der Waals surface area contributed by atoms with Crippen LogP contribution in [-0.2, 0) is 6.54 Å². The van der Waals surface area contributed by atoms with Crippen molar-refractivity contribution in [3.05, 3.63) is 65.0 Å². The summed E-state index contributed by atoms with van der Waals surface area (Å²) in [4.78, 5) is 16.1. The molecule has 0 aliphatic carbocycles. The molecule has 0 aliphatic rings. The summed E-state index contributed by atoms with van der Waals surface area (Å²) in [5, 5.41) is 2.90. The molecule has 2 rings (SSSR count). The summed E-state index contributed by atoms with van der Waals surface area (Å²) in [7, 11) is 0. The van der Waals surface area contributed by atoms with E-state index in [1.807, 2.05) is 50.2 Å². The molecule has 3 nitrogen and oxygen atoms in total. The molecule has 1 N–H and O–H groups in total. The van der Waals surface area contributed by atoms with E-state index in [1.54, 1.807) is 6.20 Å². The Kier molecular flexibility index (Phi) is 3.72. The highest BCUT2D eigenvalue weighted by molar-refractivity contribution is 5.94. The number of hydrogen-bond donors (Lipinski definition) is 1. The second-order valence-electron chi connectivity index (χ2n) is 4.30. The van der Waals surface area contributed by atoms with Gasteiger partial charge in [-0.05, 0) is 37.6 Å². The Balaban J connectivity index is 2.01. The summed E-state index contributed by atoms with van der Waals surface area (Å²) < 4.78 is 0. The van der Waals surface area contributed by atoms with Crippen molar-refractivity contribution in [1.29, 1.82) is 0 Å². The van der Waals surface area contributed by atoms with Crippen molar-refractivity contribution in [3.63, 3.8) is 0 Å². The van der Waals surface area contributed by atoms with Crippen LogP contribution >= 0.6 is 0 Å². The van der Waals surface area contributed by atoms with Crippen LogP contribution in [0, 0.1) is 13.8 Å². The Morgan fingerprint density at radius 2 is 1.89 bits per heavy atom. The summed E-state index contributed by atoms with van der Waals surface area (Å²) in [5.41, 5.74) is 3.82. The predicted octanol–water partition coefficient (Wildman–Crippen LogP) is 2.63. The molecule has 1 aromatic carbocycles. The highest BCUT2D eigenvalue weighted by atomic mass is 16.1. The number of carbonyl (C=O) groups is 1. The van der Waals surface area contributed by atoms with Gasteiger partial charge in [-0.25, -0.2) is 0 Å². The van der Waals surface area contributed by atoms with Gasteiger partial charge in [0.2, 0.25) is 0 Å². The molecule has 1 amide bonds. The molecule has 3 heteroatoms. The van der Waals surface area contributed by atoms with Crippen molar-refractivity contribution in [3.8, 4) is 0 Å². The molecule has 2 aromatic rings. The summed E-state index contributed by atoms with van der Waals surface area (Å²) in [6, 6.07) is 11.4. The third-order valence-electron chi connectivity index (χ3n) is 2.87. The standard InChI is InChI=1S/C15H16N2O/c1-11-5-7-13(8-6-11)15(18)17-10-14-4-3-9-16-12(14)2/h3-9H,10H2,1-2H3,(H,17,18). The maximum Gasteiger partial charge on any atom is 0.251 e. The smallest absolute Gasteiger partial charge is 0.251 e. The van der Waals surface area contributed by atoms with E-state index in [0.717, 1.165) is 16.8 Å². The third kappa shape index (κ3) is 2.94. The largest absolute Gasteiger partial charge is 0.348 e. The van der Waals surface area contributed by atoms with Crippen LogP contribution in [0.2, 0.25) is 0 Å². The molecule has 0 fully saturated rings. The Hall–Kier alpha value is -2.16. The summed E-state index contributed by atoms with van der Waals surface area (Å²) in [5.74, 6) is -0.0572. The first kappa shape index (κ1) is 12.3. The first-order valence-electron chi connectivity index (χ1n) is 5.92. The highest BCUT2D eigenvalue weighted by Gasteiger charge is 2.05. The van der Waals surface area contributed by atoms with Gasteiger partial charge in [0.05, 0.1) is 0 Å². The second kappa shape index (κ2) is 5.45. The third-order valence-corrected chi connectivity index (χ3v) is 2.87. The van der Waals surface area contributed by atoms with E-state index in [0.29, 0.717) is 12.1 Å². The van der Waals surface area contributed by atoms with Gasteiger partial charge in [-0.1, -0.05) is 23.8 Å². The molecule has 0 bridgehead atoms. The quantitative estimate of drug-likeness (QED) is 0.896. The van der Waals surface area contributed by atoms with Gasteiger partial charge >= 0.3 is 0 Å². The summed E-state index contributed by atoms with van der Waals surface area (Å²) in [6.45, 7) is 4.44. The van der Waals surface area contributed by atoms with Crippen LogP contribution < -0.4 is 5.32 Å². The van der Waals surface area contributed by atoms with Crippen LogP contribution in [0.1, 0.15) is 27.2 Å². The molecule has 1 heterocycles. The van der Waals surface area contributed by atoms with Gasteiger partial charge in [0.25, 0.3) is 5.91 Å². The summed E-state index contributed by atoms with van der Waals surface area (Å²) in [6.07, 6.45) is 1.75. The number of nitrogens with zero attached hydrogens (tertiary/aromatic N) is 1. The first-order valence-corrected chi connectivity index (χ1v) is 5.92. The minimum absolute atomic E-state index is 0.0572. The fourth-order valence-corrected chi connectivity index (χ4v) is 1.69. The lowest BCUT2D eigenvalue weighted by Gasteiger charge is -2.07. The number of rotatable bonds is 3. The van der Waals surface area contributed by atoms with E-state index in [1.165, 1.54) is 0 Å². The number of aromatic nitrogens is 1. The molecule has 0 aliphatic heterocycles. The molecule has 0 unspecified atom stereocenters. The number of amides is 1. The van der Waals surface area contributed by atoms with Crippen molar-refractivity contribution in [1.82, 2.24) is 10.3 Å². The fraction of sp³-hybridized carbons (Fsp3) is 0.200. The van der Waals surface area contributed by atoms with Crippen LogP contribution in [-0.4, -0.2) is 10.9 Å². The molecular weight excluding hydrogens is 224 g/mol. The number of aryl methyl sites for hydroxylation is 2. The second-order valence-corrected chi connectivity index (χ2v) is 4.30. The zero-order chi connectivity index (χ0) is 13.0. The molecule has 0 radical (unpaired) electrons. The lowest BCUT2D eigenvalue weighted by Crippen LogP contribution is -2.23.